The van der Waals surface area contributed by atoms with E-state index >= 15 is 0 Å². The first-order chi connectivity index (χ1) is 18.1. The van der Waals surface area contributed by atoms with Crippen LogP contribution in [0.5, 0.6) is 0 Å². The van der Waals surface area contributed by atoms with Gasteiger partial charge in [-0.05, 0) is 62.6 Å². The standard InChI is InChI=1S/C27H27ClN6O3S/c1-32(2)14-15-34(38(3,36)37)21-7-5-20(6-8-21)30-26(18-10-12-33-13-11-29-24(33)16-18)25-22-9-4-19(28)17-23(22)31-27(25)35/h4-13,16-17,30H,14-15H2,1-3H3,(H,31,35)/b26-25-. The lowest BCUT2D eigenvalue weighted by Crippen LogP contribution is -2.35. The summed E-state index contributed by atoms with van der Waals surface area (Å²) in [5.74, 6) is -0.253. The molecule has 0 aliphatic carbocycles. The van der Waals surface area contributed by atoms with E-state index in [0.29, 0.717) is 46.4 Å². The Morgan fingerprint density at radius 2 is 1.82 bits per heavy atom. The van der Waals surface area contributed by atoms with Crippen molar-refractivity contribution in [3.8, 4) is 0 Å². The Balaban J connectivity index is 1.56. The highest BCUT2D eigenvalue weighted by Gasteiger charge is 2.29. The molecule has 3 heterocycles. The number of pyridine rings is 1. The second kappa shape index (κ2) is 10.1. The van der Waals surface area contributed by atoms with Gasteiger partial charge in [0.2, 0.25) is 10.0 Å². The number of amides is 1. The predicted molar refractivity (Wildman–Crippen MR) is 153 cm³/mol. The minimum absolute atomic E-state index is 0.253. The van der Waals surface area contributed by atoms with Crippen LogP contribution in [-0.2, 0) is 14.8 Å². The lowest BCUT2D eigenvalue weighted by molar-refractivity contribution is -0.110. The first kappa shape index (κ1) is 25.8. The number of likely N-dealkylation sites (N-methyl/N-ethyl adjacent to an activating group) is 1. The summed E-state index contributed by atoms with van der Waals surface area (Å²) in [6.45, 7) is 0.913. The number of benzene rings is 2. The molecule has 0 radical (unpaired) electrons. The van der Waals surface area contributed by atoms with Gasteiger partial charge in [-0.25, -0.2) is 13.4 Å². The Morgan fingerprint density at radius 1 is 1.05 bits per heavy atom. The third-order valence-electron chi connectivity index (χ3n) is 6.24. The van der Waals surface area contributed by atoms with E-state index in [1.54, 1.807) is 42.6 Å². The van der Waals surface area contributed by atoms with Gasteiger partial charge in [0.05, 0.1) is 28.9 Å². The molecule has 0 saturated heterocycles. The first-order valence-corrected chi connectivity index (χ1v) is 14.1. The quantitative estimate of drug-likeness (QED) is 0.318. The molecule has 9 nitrogen and oxygen atoms in total. The number of nitrogens with one attached hydrogen (secondary N) is 2. The molecule has 2 N–H and O–H groups in total. The van der Waals surface area contributed by atoms with Crippen molar-refractivity contribution in [3.05, 3.63) is 89.3 Å². The fourth-order valence-corrected chi connectivity index (χ4v) is 5.46. The van der Waals surface area contributed by atoms with Crippen LogP contribution < -0.4 is 14.9 Å². The van der Waals surface area contributed by atoms with E-state index in [1.165, 1.54) is 10.6 Å². The Labute approximate surface area is 226 Å². The van der Waals surface area contributed by atoms with E-state index in [4.69, 9.17) is 11.6 Å². The molecule has 0 saturated carbocycles. The summed E-state index contributed by atoms with van der Waals surface area (Å²) in [5, 5.41) is 6.84. The highest BCUT2D eigenvalue weighted by molar-refractivity contribution is 7.92. The maximum absolute atomic E-state index is 13.2. The lowest BCUT2D eigenvalue weighted by Gasteiger charge is -2.24. The summed E-state index contributed by atoms with van der Waals surface area (Å²) in [5.41, 5.74) is 5.19. The number of carbonyl (C=O) groups excluding carboxylic acids is 1. The number of hydrogen-bond acceptors (Lipinski definition) is 6. The predicted octanol–water partition coefficient (Wildman–Crippen LogP) is 4.25. The molecule has 1 amide bonds. The van der Waals surface area contributed by atoms with E-state index in [2.05, 4.69) is 15.6 Å². The third-order valence-corrected chi connectivity index (χ3v) is 7.67. The van der Waals surface area contributed by atoms with Gasteiger partial charge in [0.25, 0.3) is 5.91 Å². The molecule has 5 rings (SSSR count). The van der Waals surface area contributed by atoms with Gasteiger partial charge in [0, 0.05) is 53.5 Å². The summed E-state index contributed by atoms with van der Waals surface area (Å²) >= 11 is 6.17. The Kier molecular flexibility index (Phi) is 6.87. The van der Waals surface area contributed by atoms with Gasteiger partial charge in [-0.2, -0.15) is 0 Å². The van der Waals surface area contributed by atoms with Crippen LogP contribution in [0.1, 0.15) is 11.1 Å². The summed E-state index contributed by atoms with van der Waals surface area (Å²) in [7, 11) is 0.334. The van der Waals surface area contributed by atoms with Gasteiger partial charge in [-0.15, -0.1) is 0 Å². The number of carbonyl (C=O) groups is 1. The molecule has 1 aliphatic rings. The van der Waals surface area contributed by atoms with Crippen LogP contribution in [0, 0.1) is 0 Å². The fourth-order valence-electron chi connectivity index (χ4n) is 4.37. The van der Waals surface area contributed by atoms with Gasteiger partial charge in [0.15, 0.2) is 0 Å². The van der Waals surface area contributed by atoms with Crippen LogP contribution in [0.3, 0.4) is 0 Å². The molecular weight excluding hydrogens is 524 g/mol. The molecule has 0 spiro atoms. The van der Waals surface area contributed by atoms with Crippen LogP contribution in [-0.4, -0.2) is 62.1 Å². The average Bonchev–Trinajstić information content (AvgIpc) is 3.45. The SMILES string of the molecule is CN(C)CCN(c1ccc(N/C(=C2\C(=O)Nc3cc(Cl)ccc32)c2ccn3ccnc3c2)cc1)S(C)(=O)=O. The van der Waals surface area contributed by atoms with E-state index in [0.717, 1.165) is 16.8 Å². The van der Waals surface area contributed by atoms with Gasteiger partial charge in [0.1, 0.15) is 5.65 Å². The van der Waals surface area contributed by atoms with Crippen molar-refractivity contribution in [2.75, 3.05) is 48.4 Å². The number of imidazole rings is 1. The maximum atomic E-state index is 13.2. The summed E-state index contributed by atoms with van der Waals surface area (Å²) in [6, 6.07) is 16.2. The molecule has 0 unspecified atom stereocenters. The van der Waals surface area contributed by atoms with Crippen molar-refractivity contribution < 1.29 is 13.2 Å². The number of hydrogen-bond donors (Lipinski definition) is 2. The number of nitrogens with zero attached hydrogens (tertiary/aromatic N) is 4. The van der Waals surface area contributed by atoms with Crippen LogP contribution >= 0.6 is 11.6 Å². The molecule has 2 aromatic carbocycles. The number of sulfonamides is 1. The summed E-state index contributed by atoms with van der Waals surface area (Å²) < 4.78 is 28.2. The molecule has 38 heavy (non-hydrogen) atoms. The van der Waals surface area contributed by atoms with Crippen molar-refractivity contribution in [1.29, 1.82) is 0 Å². The van der Waals surface area contributed by atoms with Crippen molar-refractivity contribution >= 4 is 61.5 Å². The van der Waals surface area contributed by atoms with Crippen molar-refractivity contribution in [2.45, 2.75) is 0 Å². The van der Waals surface area contributed by atoms with E-state index < -0.39 is 10.0 Å². The Morgan fingerprint density at radius 3 is 2.53 bits per heavy atom. The molecule has 11 heteroatoms. The van der Waals surface area contributed by atoms with Gasteiger partial charge in [-0.3, -0.25) is 9.10 Å². The smallest absolute Gasteiger partial charge is 0.258 e. The average molecular weight is 551 g/mol. The van der Waals surface area contributed by atoms with Gasteiger partial charge >= 0.3 is 0 Å². The van der Waals surface area contributed by atoms with E-state index in [9.17, 15) is 13.2 Å². The number of rotatable bonds is 8. The molecule has 2 aromatic heterocycles. The first-order valence-electron chi connectivity index (χ1n) is 11.9. The Bertz CT molecular complexity index is 1660. The van der Waals surface area contributed by atoms with Crippen molar-refractivity contribution in [2.24, 2.45) is 0 Å². The monoisotopic (exact) mass is 550 g/mol. The maximum Gasteiger partial charge on any atom is 0.258 e. The minimum Gasteiger partial charge on any atom is -0.354 e. The molecule has 4 aromatic rings. The minimum atomic E-state index is -3.46. The second-order valence-electron chi connectivity index (χ2n) is 9.31. The zero-order chi connectivity index (χ0) is 27.0. The van der Waals surface area contributed by atoms with Gasteiger partial charge in [-0.1, -0.05) is 17.7 Å². The van der Waals surface area contributed by atoms with Gasteiger partial charge < -0.3 is 19.9 Å². The van der Waals surface area contributed by atoms with Crippen LogP contribution in [0.25, 0.3) is 16.9 Å². The highest BCUT2D eigenvalue weighted by atomic mass is 35.5. The molecule has 0 bridgehead atoms. The lowest BCUT2D eigenvalue weighted by atomic mass is 10.0. The van der Waals surface area contributed by atoms with Crippen LogP contribution in [0.4, 0.5) is 17.1 Å². The second-order valence-corrected chi connectivity index (χ2v) is 11.7. The van der Waals surface area contributed by atoms with Crippen molar-refractivity contribution in [1.82, 2.24) is 14.3 Å². The zero-order valence-corrected chi connectivity index (χ0v) is 22.7. The summed E-state index contributed by atoms with van der Waals surface area (Å²) in [6.07, 6.45) is 6.64. The van der Waals surface area contributed by atoms with Crippen molar-refractivity contribution in [3.63, 3.8) is 0 Å². The normalized spacial score (nSPS) is 14.5. The number of aromatic nitrogens is 2. The van der Waals surface area contributed by atoms with Crippen LogP contribution in [0.15, 0.2) is 73.2 Å². The molecule has 0 atom stereocenters. The number of anilines is 3. The molecule has 0 fully saturated rings. The largest absolute Gasteiger partial charge is 0.354 e. The zero-order valence-electron chi connectivity index (χ0n) is 21.1. The Hall–Kier alpha value is -3.86. The van der Waals surface area contributed by atoms with E-state index in [-0.39, 0.29) is 5.91 Å². The van der Waals surface area contributed by atoms with E-state index in [1.807, 2.05) is 54.0 Å². The summed E-state index contributed by atoms with van der Waals surface area (Å²) in [4.78, 5) is 19.5. The number of halogens is 1. The van der Waals surface area contributed by atoms with Crippen LogP contribution in [0.2, 0.25) is 5.02 Å². The topological polar surface area (TPSA) is 99.0 Å². The number of fused-ring (bicyclic) bond motifs is 2. The molecular formula is C27H27ClN6O3S. The molecule has 196 valence electrons. The fraction of sp³-hybridized carbons (Fsp3) is 0.185. The molecule has 1 aliphatic heterocycles. The third kappa shape index (κ3) is 5.24. The highest BCUT2D eigenvalue weighted by Crippen LogP contribution is 2.39.